The first kappa shape index (κ1) is 17.3. The highest BCUT2D eigenvalue weighted by atomic mass is 35.5. The van der Waals surface area contributed by atoms with Gasteiger partial charge in [0.2, 0.25) is 0 Å². The Morgan fingerprint density at radius 3 is 1.76 bits per heavy atom. The molecule has 5 heteroatoms. The minimum atomic E-state index is -0.377. The number of carbonyl (C=O) groups is 2. The monoisotopic (exact) mass is 367 g/mol. The molecule has 3 aromatic rings. The Balaban J connectivity index is 0.000000146. The molecule has 0 saturated heterocycles. The van der Waals surface area contributed by atoms with Gasteiger partial charge in [-0.25, -0.2) is 0 Å². The second-order valence-electron chi connectivity index (χ2n) is 5.20. The van der Waals surface area contributed by atoms with Crippen molar-refractivity contribution in [1.82, 2.24) is 5.32 Å². The van der Waals surface area contributed by atoms with Gasteiger partial charge in [0.25, 0.3) is 11.8 Å². The van der Waals surface area contributed by atoms with Crippen LogP contribution in [-0.2, 0) is 0 Å². The summed E-state index contributed by atoms with van der Waals surface area (Å²) in [7, 11) is 0. The normalized spacial score (nSPS) is 12.0. The predicted molar refractivity (Wildman–Crippen MR) is 100 cm³/mol. The van der Waals surface area contributed by atoms with Gasteiger partial charge in [0.15, 0.2) is 0 Å². The van der Waals surface area contributed by atoms with Gasteiger partial charge in [-0.3, -0.25) is 14.9 Å². The third kappa shape index (κ3) is 4.50. The Bertz CT molecular complexity index is 861. The summed E-state index contributed by atoms with van der Waals surface area (Å²) >= 11 is 7.43. The number of fused-ring (bicyclic) bond motifs is 1. The Labute approximate surface area is 155 Å². The molecule has 0 fully saturated rings. The summed E-state index contributed by atoms with van der Waals surface area (Å²) in [5, 5.41) is 2.63. The lowest BCUT2D eigenvalue weighted by Crippen LogP contribution is -2.19. The average Bonchev–Trinajstić information content (AvgIpc) is 2.91. The summed E-state index contributed by atoms with van der Waals surface area (Å²) in [6, 6.07) is 25.4. The molecular weight excluding hydrogens is 354 g/mol. The number of rotatable bonds is 2. The predicted octanol–water partition coefficient (Wildman–Crippen LogP) is 5.06. The Morgan fingerprint density at radius 1 is 0.680 bits per heavy atom. The summed E-state index contributed by atoms with van der Waals surface area (Å²) in [6.07, 6.45) is 0. The van der Waals surface area contributed by atoms with Gasteiger partial charge in [-0.2, -0.15) is 0 Å². The van der Waals surface area contributed by atoms with Crippen molar-refractivity contribution in [2.24, 2.45) is 0 Å². The number of nitrogens with one attached hydrogen (secondary N) is 1. The smallest absolute Gasteiger partial charge is 0.258 e. The Morgan fingerprint density at radius 2 is 1.20 bits per heavy atom. The standard InChI is InChI=1S/C12H10S.C8H4ClNO2/c1-3-7-11(8-4-1)13-12-9-5-2-6-10-12;9-4-1-2-5-6(3-4)8(12)10-7(5)11/h1-10H;1-3H,(H,10,11,12). The van der Waals surface area contributed by atoms with Crippen LogP contribution in [0.3, 0.4) is 0 Å². The average molecular weight is 368 g/mol. The summed E-state index contributed by atoms with van der Waals surface area (Å²) in [4.78, 5) is 24.6. The molecule has 1 heterocycles. The van der Waals surface area contributed by atoms with Gasteiger partial charge in [-0.1, -0.05) is 59.8 Å². The van der Waals surface area contributed by atoms with E-state index in [1.165, 1.54) is 21.9 Å². The van der Waals surface area contributed by atoms with Gasteiger partial charge in [0.1, 0.15) is 0 Å². The van der Waals surface area contributed by atoms with Gasteiger partial charge >= 0.3 is 0 Å². The molecule has 4 rings (SSSR count). The lowest BCUT2D eigenvalue weighted by atomic mass is 10.1. The number of imide groups is 1. The van der Waals surface area contributed by atoms with Crippen molar-refractivity contribution in [3.05, 3.63) is 95.0 Å². The molecule has 0 radical (unpaired) electrons. The fraction of sp³-hybridized carbons (Fsp3) is 0. The van der Waals surface area contributed by atoms with E-state index in [0.29, 0.717) is 16.1 Å². The highest BCUT2D eigenvalue weighted by Crippen LogP contribution is 2.26. The Kier molecular flexibility index (Phi) is 5.53. The van der Waals surface area contributed by atoms with Crippen molar-refractivity contribution in [3.8, 4) is 0 Å². The zero-order valence-electron chi connectivity index (χ0n) is 13.1. The molecule has 1 aliphatic rings. The van der Waals surface area contributed by atoms with Crippen LogP contribution in [0.25, 0.3) is 0 Å². The van der Waals surface area contributed by atoms with Crippen LogP contribution >= 0.6 is 23.4 Å². The minimum Gasteiger partial charge on any atom is -0.288 e. The lowest BCUT2D eigenvalue weighted by Gasteiger charge is -1.99. The van der Waals surface area contributed by atoms with Gasteiger partial charge in [-0.15, -0.1) is 0 Å². The molecule has 0 atom stereocenters. The van der Waals surface area contributed by atoms with Crippen LogP contribution in [0, 0.1) is 0 Å². The van der Waals surface area contributed by atoms with Crippen LogP contribution in [-0.4, -0.2) is 11.8 Å². The Hall–Kier alpha value is -2.56. The van der Waals surface area contributed by atoms with E-state index >= 15 is 0 Å². The van der Waals surface area contributed by atoms with Gasteiger partial charge in [0, 0.05) is 14.8 Å². The van der Waals surface area contributed by atoms with Gasteiger partial charge in [0.05, 0.1) is 11.1 Å². The summed E-state index contributed by atoms with van der Waals surface area (Å²) < 4.78 is 0. The zero-order valence-corrected chi connectivity index (χ0v) is 14.7. The van der Waals surface area contributed by atoms with E-state index in [2.05, 4.69) is 53.8 Å². The second kappa shape index (κ2) is 8.01. The first-order chi connectivity index (χ1) is 12.1. The molecule has 1 N–H and O–H groups in total. The fourth-order valence-electron chi connectivity index (χ4n) is 2.25. The topological polar surface area (TPSA) is 46.2 Å². The maximum absolute atomic E-state index is 11.0. The van der Waals surface area contributed by atoms with Crippen molar-refractivity contribution >= 4 is 35.2 Å². The third-order valence-electron chi connectivity index (χ3n) is 3.42. The second-order valence-corrected chi connectivity index (χ2v) is 6.78. The number of hydrogen-bond acceptors (Lipinski definition) is 3. The van der Waals surface area contributed by atoms with Crippen molar-refractivity contribution in [2.75, 3.05) is 0 Å². The molecule has 0 spiro atoms. The number of amides is 2. The molecule has 0 bridgehead atoms. The number of hydrogen-bond donors (Lipinski definition) is 1. The SMILES string of the molecule is O=C1NC(=O)c2cc(Cl)ccc21.c1ccc(Sc2ccccc2)cc1. The molecule has 0 saturated carbocycles. The first-order valence-electron chi connectivity index (χ1n) is 7.56. The van der Waals surface area contributed by atoms with Crippen LogP contribution in [0.4, 0.5) is 0 Å². The highest BCUT2D eigenvalue weighted by Gasteiger charge is 2.26. The fourth-order valence-corrected chi connectivity index (χ4v) is 3.28. The van der Waals surface area contributed by atoms with Crippen molar-refractivity contribution in [2.45, 2.75) is 9.79 Å². The van der Waals surface area contributed by atoms with E-state index < -0.39 is 0 Å². The van der Waals surface area contributed by atoms with Crippen LogP contribution in [0.15, 0.2) is 88.7 Å². The molecule has 0 aromatic heterocycles. The van der Waals surface area contributed by atoms with Crippen LogP contribution in [0.5, 0.6) is 0 Å². The maximum atomic E-state index is 11.0. The van der Waals surface area contributed by atoms with E-state index in [-0.39, 0.29) is 11.8 Å². The van der Waals surface area contributed by atoms with E-state index in [1.54, 1.807) is 17.8 Å². The number of carbonyl (C=O) groups excluding carboxylic acids is 2. The lowest BCUT2D eigenvalue weighted by molar-refractivity contribution is 0.0879. The van der Waals surface area contributed by atoms with E-state index in [1.807, 2.05) is 12.1 Å². The third-order valence-corrected chi connectivity index (χ3v) is 4.67. The minimum absolute atomic E-state index is 0.354. The molecule has 0 aliphatic carbocycles. The van der Waals surface area contributed by atoms with Crippen molar-refractivity contribution in [1.29, 1.82) is 0 Å². The molecule has 3 aromatic carbocycles. The van der Waals surface area contributed by atoms with E-state index in [9.17, 15) is 9.59 Å². The molecular formula is C20H14ClNO2S. The largest absolute Gasteiger partial charge is 0.288 e. The maximum Gasteiger partial charge on any atom is 0.258 e. The zero-order chi connectivity index (χ0) is 17.6. The number of halogens is 1. The molecule has 2 amide bonds. The highest BCUT2D eigenvalue weighted by molar-refractivity contribution is 7.99. The first-order valence-corrected chi connectivity index (χ1v) is 8.76. The quantitative estimate of drug-likeness (QED) is 0.644. The van der Waals surface area contributed by atoms with Gasteiger partial charge in [-0.05, 0) is 42.5 Å². The van der Waals surface area contributed by atoms with Crippen LogP contribution < -0.4 is 5.32 Å². The van der Waals surface area contributed by atoms with Crippen molar-refractivity contribution in [3.63, 3.8) is 0 Å². The molecule has 0 unspecified atom stereocenters. The van der Waals surface area contributed by atoms with Crippen LogP contribution in [0.2, 0.25) is 5.02 Å². The molecule has 124 valence electrons. The van der Waals surface area contributed by atoms with Crippen LogP contribution in [0.1, 0.15) is 20.7 Å². The van der Waals surface area contributed by atoms with Gasteiger partial charge < -0.3 is 0 Å². The molecule has 3 nitrogen and oxygen atoms in total. The summed E-state index contributed by atoms with van der Waals surface area (Å²) in [5.41, 5.74) is 0.747. The molecule has 1 aliphatic heterocycles. The summed E-state index contributed by atoms with van der Waals surface area (Å²) in [5.74, 6) is -0.732. The summed E-state index contributed by atoms with van der Waals surface area (Å²) in [6.45, 7) is 0. The van der Waals surface area contributed by atoms with E-state index in [4.69, 9.17) is 11.6 Å². The molecule has 25 heavy (non-hydrogen) atoms. The number of benzene rings is 3. The van der Waals surface area contributed by atoms with Crippen molar-refractivity contribution < 1.29 is 9.59 Å². The van der Waals surface area contributed by atoms with E-state index in [0.717, 1.165) is 0 Å².